The van der Waals surface area contributed by atoms with Crippen molar-refractivity contribution in [2.75, 3.05) is 6.54 Å². The Balaban J connectivity index is 1.88. The highest BCUT2D eigenvalue weighted by Crippen LogP contribution is 2.24. The Bertz CT molecular complexity index is 432. The molecule has 0 saturated carbocycles. The third-order valence-electron chi connectivity index (χ3n) is 3.29. The lowest BCUT2D eigenvalue weighted by atomic mass is 10.0. The minimum Gasteiger partial charge on any atom is -0.481 e. The molecule has 98 valence electrons. The lowest BCUT2D eigenvalue weighted by Crippen LogP contribution is -2.43. The van der Waals surface area contributed by atoms with E-state index in [9.17, 15) is 9.59 Å². The predicted octanol–water partition coefficient (Wildman–Crippen LogP) is 0.414. The molecule has 1 aliphatic heterocycles. The number of aliphatic carboxylic acids is 1. The van der Waals surface area contributed by atoms with Gasteiger partial charge in [-0.05, 0) is 13.3 Å². The normalized spacial score (nSPS) is 23.1. The number of carboxylic acid groups (broad SMARTS) is 1. The molecule has 2 atom stereocenters. The maximum absolute atomic E-state index is 11.9. The summed E-state index contributed by atoms with van der Waals surface area (Å²) in [6, 6.07) is -0.526. The molecule has 1 saturated heterocycles. The number of aromatic amines is 1. The van der Waals surface area contributed by atoms with Gasteiger partial charge in [0.1, 0.15) is 5.82 Å². The fraction of sp³-hybridized carbons (Fsp3) is 0.545. The van der Waals surface area contributed by atoms with Gasteiger partial charge < -0.3 is 20.3 Å². The number of amides is 2. The van der Waals surface area contributed by atoms with E-state index in [2.05, 4.69) is 15.3 Å². The van der Waals surface area contributed by atoms with Gasteiger partial charge in [-0.25, -0.2) is 9.78 Å². The highest BCUT2D eigenvalue weighted by Gasteiger charge is 2.37. The molecule has 2 amide bonds. The van der Waals surface area contributed by atoms with E-state index in [1.54, 1.807) is 24.2 Å². The zero-order valence-corrected chi connectivity index (χ0v) is 10.1. The van der Waals surface area contributed by atoms with Crippen LogP contribution in [0.25, 0.3) is 0 Å². The van der Waals surface area contributed by atoms with Crippen LogP contribution in [0.4, 0.5) is 4.79 Å². The van der Waals surface area contributed by atoms with Crippen LogP contribution in [0.1, 0.15) is 19.2 Å². The van der Waals surface area contributed by atoms with Crippen LogP contribution in [-0.2, 0) is 11.3 Å². The van der Waals surface area contributed by atoms with Crippen LogP contribution in [0.5, 0.6) is 0 Å². The molecular formula is C11H16N4O3. The second-order valence-corrected chi connectivity index (χ2v) is 4.36. The highest BCUT2D eigenvalue weighted by molar-refractivity contribution is 5.78. The molecule has 7 heteroatoms. The minimum absolute atomic E-state index is 0.248. The number of carbonyl (C=O) groups is 2. The Labute approximate surface area is 104 Å². The molecule has 7 nitrogen and oxygen atoms in total. The van der Waals surface area contributed by atoms with Gasteiger partial charge >= 0.3 is 12.0 Å². The fourth-order valence-corrected chi connectivity index (χ4v) is 2.21. The van der Waals surface area contributed by atoms with Gasteiger partial charge in [0.05, 0.1) is 12.5 Å². The lowest BCUT2D eigenvalue weighted by Gasteiger charge is -2.23. The molecule has 2 unspecified atom stereocenters. The number of nitrogens with one attached hydrogen (secondary N) is 2. The second-order valence-electron chi connectivity index (χ2n) is 4.36. The monoisotopic (exact) mass is 252 g/mol. The summed E-state index contributed by atoms with van der Waals surface area (Å²) in [5, 5.41) is 11.7. The number of aromatic nitrogens is 2. The number of urea groups is 1. The van der Waals surface area contributed by atoms with Gasteiger partial charge in [0.15, 0.2) is 0 Å². The van der Waals surface area contributed by atoms with Crippen molar-refractivity contribution in [3.63, 3.8) is 0 Å². The average molecular weight is 252 g/mol. The van der Waals surface area contributed by atoms with Crippen molar-refractivity contribution >= 4 is 12.0 Å². The summed E-state index contributed by atoms with van der Waals surface area (Å²) in [5.74, 6) is -0.645. The minimum atomic E-state index is -0.844. The SMILES string of the molecule is CC1C(C(=O)O)CCN1C(=O)NCc1ncc[nH]1. The quantitative estimate of drug-likeness (QED) is 0.725. The van der Waals surface area contributed by atoms with Crippen molar-refractivity contribution in [1.29, 1.82) is 0 Å². The van der Waals surface area contributed by atoms with Gasteiger partial charge in [0.2, 0.25) is 0 Å². The first-order valence-electron chi connectivity index (χ1n) is 5.85. The van der Waals surface area contributed by atoms with E-state index >= 15 is 0 Å². The fourth-order valence-electron chi connectivity index (χ4n) is 2.21. The summed E-state index contributed by atoms with van der Waals surface area (Å²) >= 11 is 0. The Morgan fingerprint density at radius 1 is 1.67 bits per heavy atom. The molecule has 1 fully saturated rings. The van der Waals surface area contributed by atoms with Crippen LogP contribution >= 0.6 is 0 Å². The number of hydrogen-bond donors (Lipinski definition) is 3. The van der Waals surface area contributed by atoms with E-state index < -0.39 is 11.9 Å². The van der Waals surface area contributed by atoms with Crippen LogP contribution in [0.3, 0.4) is 0 Å². The molecule has 18 heavy (non-hydrogen) atoms. The third-order valence-corrected chi connectivity index (χ3v) is 3.29. The van der Waals surface area contributed by atoms with Crippen LogP contribution < -0.4 is 5.32 Å². The number of H-pyrrole nitrogens is 1. The van der Waals surface area contributed by atoms with Crippen LogP contribution in [0.15, 0.2) is 12.4 Å². The smallest absolute Gasteiger partial charge is 0.318 e. The molecule has 2 heterocycles. The predicted molar refractivity (Wildman–Crippen MR) is 62.7 cm³/mol. The summed E-state index contributed by atoms with van der Waals surface area (Å²) in [4.78, 5) is 31.3. The number of carboxylic acids is 1. The lowest BCUT2D eigenvalue weighted by molar-refractivity contribution is -0.142. The summed E-state index contributed by atoms with van der Waals surface area (Å²) in [5.41, 5.74) is 0. The summed E-state index contributed by atoms with van der Waals surface area (Å²) < 4.78 is 0. The molecular weight excluding hydrogens is 236 g/mol. The van der Waals surface area contributed by atoms with Gasteiger partial charge in [-0.3, -0.25) is 4.79 Å². The molecule has 1 aromatic rings. The summed E-state index contributed by atoms with van der Waals surface area (Å²) in [6.45, 7) is 2.55. The highest BCUT2D eigenvalue weighted by atomic mass is 16.4. The molecule has 0 bridgehead atoms. The summed E-state index contributed by atoms with van der Waals surface area (Å²) in [6.07, 6.45) is 3.80. The second kappa shape index (κ2) is 5.07. The van der Waals surface area contributed by atoms with Gasteiger partial charge in [-0.15, -0.1) is 0 Å². The van der Waals surface area contributed by atoms with E-state index in [1.165, 1.54) is 0 Å². The van der Waals surface area contributed by atoms with Crippen molar-refractivity contribution in [1.82, 2.24) is 20.2 Å². The Kier molecular flexibility index (Phi) is 3.50. The van der Waals surface area contributed by atoms with Crippen LogP contribution in [-0.4, -0.2) is 44.6 Å². The number of rotatable bonds is 3. The summed E-state index contributed by atoms with van der Waals surface area (Å²) in [7, 11) is 0. The zero-order valence-electron chi connectivity index (χ0n) is 10.1. The first-order chi connectivity index (χ1) is 8.59. The maximum Gasteiger partial charge on any atom is 0.318 e. The van der Waals surface area contributed by atoms with Gasteiger partial charge in [-0.1, -0.05) is 0 Å². The molecule has 1 aliphatic rings. The molecule has 0 aliphatic carbocycles. The van der Waals surface area contributed by atoms with Crippen molar-refractivity contribution in [2.24, 2.45) is 5.92 Å². The number of likely N-dealkylation sites (tertiary alicyclic amines) is 1. The number of carbonyl (C=O) groups excluding carboxylic acids is 1. The largest absolute Gasteiger partial charge is 0.481 e. The van der Waals surface area contributed by atoms with Crippen molar-refractivity contribution in [3.05, 3.63) is 18.2 Å². The number of nitrogens with zero attached hydrogens (tertiary/aromatic N) is 2. The van der Waals surface area contributed by atoms with E-state index in [0.717, 1.165) is 0 Å². The van der Waals surface area contributed by atoms with E-state index in [4.69, 9.17) is 5.11 Å². The van der Waals surface area contributed by atoms with Gasteiger partial charge in [-0.2, -0.15) is 0 Å². The number of hydrogen-bond acceptors (Lipinski definition) is 3. The van der Waals surface area contributed by atoms with Gasteiger partial charge in [0, 0.05) is 25.0 Å². The number of imidazole rings is 1. The third kappa shape index (κ3) is 2.44. The van der Waals surface area contributed by atoms with Crippen molar-refractivity contribution < 1.29 is 14.7 Å². The first-order valence-corrected chi connectivity index (χ1v) is 5.85. The maximum atomic E-state index is 11.9. The first kappa shape index (κ1) is 12.4. The van der Waals surface area contributed by atoms with Gasteiger partial charge in [0.25, 0.3) is 0 Å². The standard InChI is InChI=1S/C11H16N4O3/c1-7-8(10(16)17)2-5-15(7)11(18)14-6-9-12-3-4-13-9/h3-4,7-8H,2,5-6H2,1H3,(H,12,13)(H,14,18)(H,16,17). The topological polar surface area (TPSA) is 98.3 Å². The molecule has 0 radical (unpaired) electrons. The Morgan fingerprint density at radius 2 is 2.44 bits per heavy atom. The molecule has 0 spiro atoms. The molecule has 0 aromatic carbocycles. The Hall–Kier alpha value is -2.05. The molecule has 1 aromatic heterocycles. The van der Waals surface area contributed by atoms with Crippen LogP contribution in [0, 0.1) is 5.92 Å². The molecule has 2 rings (SSSR count). The Morgan fingerprint density at radius 3 is 3.00 bits per heavy atom. The van der Waals surface area contributed by atoms with Crippen molar-refractivity contribution in [2.45, 2.75) is 25.9 Å². The van der Waals surface area contributed by atoms with Crippen LogP contribution in [0.2, 0.25) is 0 Å². The van der Waals surface area contributed by atoms with E-state index in [-0.39, 0.29) is 12.1 Å². The van der Waals surface area contributed by atoms with Crippen molar-refractivity contribution in [3.8, 4) is 0 Å². The average Bonchev–Trinajstić information content (AvgIpc) is 2.94. The van der Waals surface area contributed by atoms with E-state index in [0.29, 0.717) is 25.3 Å². The molecule has 3 N–H and O–H groups in total. The zero-order chi connectivity index (χ0) is 13.1. The van der Waals surface area contributed by atoms with E-state index in [1.807, 2.05) is 0 Å².